The zero-order chi connectivity index (χ0) is 13.5. The number of hydrogen-bond acceptors (Lipinski definition) is 3. The van der Waals surface area contributed by atoms with E-state index < -0.39 is 11.9 Å². The molecule has 1 aromatic carbocycles. The van der Waals surface area contributed by atoms with Crippen molar-refractivity contribution in [1.29, 1.82) is 0 Å². The second-order valence-corrected chi connectivity index (χ2v) is 3.76. The third-order valence-corrected chi connectivity index (χ3v) is 2.51. The van der Waals surface area contributed by atoms with Crippen LogP contribution in [0.4, 0.5) is 0 Å². The summed E-state index contributed by atoms with van der Waals surface area (Å²) in [7, 11) is 0. The molecular formula is C14H16O4. The van der Waals surface area contributed by atoms with Gasteiger partial charge < -0.3 is 9.84 Å². The molecular weight excluding hydrogens is 232 g/mol. The van der Waals surface area contributed by atoms with E-state index in [0.717, 1.165) is 5.56 Å². The molecule has 4 nitrogen and oxygen atoms in total. The summed E-state index contributed by atoms with van der Waals surface area (Å²) in [5.74, 6) is -1.62. The summed E-state index contributed by atoms with van der Waals surface area (Å²) in [5, 5.41) is 8.85. The van der Waals surface area contributed by atoms with Gasteiger partial charge in [0.1, 0.15) is 0 Å². The van der Waals surface area contributed by atoms with Crippen LogP contribution in [-0.4, -0.2) is 23.7 Å². The summed E-state index contributed by atoms with van der Waals surface area (Å²) in [5.41, 5.74) is 1.65. The van der Waals surface area contributed by atoms with E-state index in [-0.39, 0.29) is 18.6 Å². The van der Waals surface area contributed by atoms with Crippen LogP contribution < -0.4 is 0 Å². The lowest BCUT2D eigenvalue weighted by atomic mass is 9.99. The molecule has 96 valence electrons. The molecule has 0 saturated heterocycles. The van der Waals surface area contributed by atoms with Gasteiger partial charge in [0.15, 0.2) is 0 Å². The van der Waals surface area contributed by atoms with Gasteiger partial charge in [0.05, 0.1) is 18.6 Å². The topological polar surface area (TPSA) is 63.6 Å². The van der Waals surface area contributed by atoms with Crippen molar-refractivity contribution in [2.24, 2.45) is 0 Å². The normalized spacial score (nSPS) is 11.7. The predicted octanol–water partition coefficient (Wildman–Crippen LogP) is 2.50. The van der Waals surface area contributed by atoms with E-state index in [1.807, 2.05) is 30.3 Å². The number of rotatable bonds is 5. The van der Waals surface area contributed by atoms with E-state index >= 15 is 0 Å². The van der Waals surface area contributed by atoms with E-state index in [2.05, 4.69) is 0 Å². The van der Waals surface area contributed by atoms with Gasteiger partial charge >= 0.3 is 11.9 Å². The number of carboxylic acid groups (broad SMARTS) is 1. The number of ether oxygens (including phenoxy) is 1. The van der Waals surface area contributed by atoms with Crippen molar-refractivity contribution in [1.82, 2.24) is 0 Å². The highest BCUT2D eigenvalue weighted by Gasteiger charge is 2.18. The van der Waals surface area contributed by atoms with Crippen LogP contribution in [0.15, 0.2) is 35.9 Å². The lowest BCUT2D eigenvalue weighted by Crippen LogP contribution is -2.13. The molecule has 18 heavy (non-hydrogen) atoms. The molecule has 4 heteroatoms. The van der Waals surface area contributed by atoms with Gasteiger partial charge in [-0.1, -0.05) is 30.3 Å². The van der Waals surface area contributed by atoms with Crippen molar-refractivity contribution < 1.29 is 19.4 Å². The average molecular weight is 248 g/mol. The van der Waals surface area contributed by atoms with Crippen molar-refractivity contribution >= 4 is 17.5 Å². The van der Waals surface area contributed by atoms with Crippen LogP contribution in [0.3, 0.4) is 0 Å². The summed E-state index contributed by atoms with van der Waals surface area (Å²) < 4.78 is 4.89. The molecule has 1 aromatic rings. The van der Waals surface area contributed by atoms with Gasteiger partial charge in [0, 0.05) is 0 Å². The molecule has 0 atom stereocenters. The van der Waals surface area contributed by atoms with Gasteiger partial charge in [-0.15, -0.1) is 0 Å². The van der Waals surface area contributed by atoms with Crippen LogP contribution in [-0.2, 0) is 14.3 Å². The summed E-state index contributed by atoms with van der Waals surface area (Å²) >= 11 is 0. The maximum Gasteiger partial charge on any atom is 0.334 e. The Morgan fingerprint density at radius 1 is 1.22 bits per heavy atom. The van der Waals surface area contributed by atoms with Crippen LogP contribution in [0.1, 0.15) is 25.8 Å². The highest BCUT2D eigenvalue weighted by Crippen LogP contribution is 2.21. The first-order valence-electron chi connectivity index (χ1n) is 5.70. The van der Waals surface area contributed by atoms with Crippen LogP contribution >= 0.6 is 0 Å². The lowest BCUT2D eigenvalue weighted by Gasteiger charge is -2.10. The number of aliphatic carboxylic acids is 1. The maximum absolute atomic E-state index is 11.8. The number of esters is 1. The van der Waals surface area contributed by atoms with Crippen LogP contribution in [0.5, 0.6) is 0 Å². The van der Waals surface area contributed by atoms with E-state index in [0.29, 0.717) is 5.57 Å². The minimum absolute atomic E-state index is 0.190. The Kier molecular flexibility index (Phi) is 5.11. The Labute approximate surface area is 106 Å². The van der Waals surface area contributed by atoms with E-state index in [1.54, 1.807) is 13.8 Å². The van der Waals surface area contributed by atoms with Crippen molar-refractivity contribution in [3.05, 3.63) is 41.5 Å². The molecule has 0 amide bonds. The molecule has 0 aliphatic carbocycles. The fourth-order valence-electron chi connectivity index (χ4n) is 1.59. The van der Waals surface area contributed by atoms with E-state index in [1.165, 1.54) is 0 Å². The van der Waals surface area contributed by atoms with Gasteiger partial charge in [-0.25, -0.2) is 4.79 Å². The lowest BCUT2D eigenvalue weighted by molar-refractivity contribution is -0.142. The van der Waals surface area contributed by atoms with Gasteiger partial charge in [-0.2, -0.15) is 0 Å². The average Bonchev–Trinajstić information content (AvgIpc) is 2.36. The quantitative estimate of drug-likeness (QED) is 0.642. The second-order valence-electron chi connectivity index (χ2n) is 3.76. The molecule has 0 radical (unpaired) electrons. The van der Waals surface area contributed by atoms with E-state index in [4.69, 9.17) is 9.84 Å². The largest absolute Gasteiger partial charge is 0.481 e. The molecule has 0 heterocycles. The smallest absolute Gasteiger partial charge is 0.334 e. The van der Waals surface area contributed by atoms with Crippen LogP contribution in [0.25, 0.3) is 5.57 Å². The highest BCUT2D eigenvalue weighted by molar-refractivity contribution is 6.01. The summed E-state index contributed by atoms with van der Waals surface area (Å²) in [6.07, 6.45) is -0.334. The van der Waals surface area contributed by atoms with Crippen molar-refractivity contribution in [2.75, 3.05) is 6.61 Å². The zero-order valence-corrected chi connectivity index (χ0v) is 10.5. The number of carboxylic acids is 1. The Balaban J connectivity index is 3.14. The molecule has 0 aromatic heterocycles. The first-order valence-corrected chi connectivity index (χ1v) is 5.70. The van der Waals surface area contributed by atoms with Gasteiger partial charge in [-0.05, 0) is 25.0 Å². The third kappa shape index (κ3) is 3.73. The number of hydrogen-bond donors (Lipinski definition) is 1. The number of carbonyl (C=O) groups is 2. The van der Waals surface area contributed by atoms with Crippen LogP contribution in [0.2, 0.25) is 0 Å². The molecule has 0 aliphatic rings. The summed E-state index contributed by atoms with van der Waals surface area (Å²) in [6.45, 7) is 3.64. The fraction of sp³-hybridized carbons (Fsp3) is 0.286. The fourth-order valence-corrected chi connectivity index (χ4v) is 1.59. The van der Waals surface area contributed by atoms with Crippen LogP contribution in [0, 0.1) is 0 Å². The number of allylic oxidation sites excluding steroid dienone is 1. The Morgan fingerprint density at radius 2 is 1.83 bits per heavy atom. The standard InChI is InChI=1S/C14H16O4/c1-3-18-14(17)12(9-13(15)16)10(2)11-7-5-4-6-8-11/h4-8H,3,9H2,1-2H3,(H,15,16)/b12-10-. The van der Waals surface area contributed by atoms with E-state index in [9.17, 15) is 9.59 Å². The molecule has 0 aliphatic heterocycles. The zero-order valence-electron chi connectivity index (χ0n) is 10.5. The van der Waals surface area contributed by atoms with Gasteiger partial charge in [0.2, 0.25) is 0 Å². The van der Waals surface area contributed by atoms with Gasteiger partial charge in [0.25, 0.3) is 0 Å². The van der Waals surface area contributed by atoms with Gasteiger partial charge in [-0.3, -0.25) is 4.79 Å². The minimum atomic E-state index is -1.05. The SMILES string of the molecule is CCOC(=O)/C(CC(=O)O)=C(/C)c1ccccc1. The second kappa shape index (κ2) is 6.59. The first-order chi connectivity index (χ1) is 8.56. The summed E-state index contributed by atoms with van der Waals surface area (Å²) in [4.78, 5) is 22.6. The molecule has 1 rings (SSSR count). The van der Waals surface area contributed by atoms with Crippen molar-refractivity contribution in [2.45, 2.75) is 20.3 Å². The number of benzene rings is 1. The first kappa shape index (κ1) is 14.0. The predicted molar refractivity (Wildman–Crippen MR) is 67.9 cm³/mol. The van der Waals surface area contributed by atoms with Crippen molar-refractivity contribution in [3.63, 3.8) is 0 Å². The Hall–Kier alpha value is -2.10. The Bertz CT molecular complexity index is 460. The Morgan fingerprint density at radius 3 is 2.33 bits per heavy atom. The maximum atomic E-state index is 11.8. The molecule has 0 bridgehead atoms. The monoisotopic (exact) mass is 248 g/mol. The summed E-state index contributed by atoms with van der Waals surface area (Å²) in [6, 6.07) is 9.19. The number of carbonyl (C=O) groups excluding carboxylic acids is 1. The molecule has 0 fully saturated rings. The molecule has 0 spiro atoms. The third-order valence-electron chi connectivity index (χ3n) is 2.51. The molecule has 0 unspecified atom stereocenters. The highest BCUT2D eigenvalue weighted by atomic mass is 16.5. The molecule has 1 N–H and O–H groups in total. The minimum Gasteiger partial charge on any atom is -0.481 e. The molecule has 0 saturated carbocycles. The van der Waals surface area contributed by atoms with Crippen molar-refractivity contribution in [3.8, 4) is 0 Å².